The number of amides is 2. The van der Waals surface area contributed by atoms with Crippen LogP contribution in [0.5, 0.6) is 0 Å². The van der Waals surface area contributed by atoms with E-state index in [1.165, 1.54) is 0 Å². The Kier molecular flexibility index (Phi) is 8.16. The largest absolute Gasteiger partial charge is 0.481 e. The first-order valence-electron chi connectivity index (χ1n) is 6.70. The third-order valence-corrected chi connectivity index (χ3v) is 3.12. The number of hydrogen-bond acceptors (Lipinski definition) is 2. The van der Waals surface area contributed by atoms with Gasteiger partial charge in [-0.05, 0) is 33.6 Å². The summed E-state index contributed by atoms with van der Waals surface area (Å²) in [7, 11) is 0. The lowest BCUT2D eigenvalue weighted by atomic mass is 10.0. The van der Waals surface area contributed by atoms with Crippen molar-refractivity contribution in [2.45, 2.75) is 53.0 Å². The lowest BCUT2D eigenvalue weighted by molar-refractivity contribution is -0.141. The molecule has 2 N–H and O–H groups in total. The van der Waals surface area contributed by atoms with E-state index in [1.54, 1.807) is 11.8 Å². The summed E-state index contributed by atoms with van der Waals surface area (Å²) in [5.74, 6) is -1.06. The minimum absolute atomic E-state index is 0.0428. The van der Waals surface area contributed by atoms with E-state index in [-0.39, 0.29) is 18.0 Å². The summed E-state index contributed by atoms with van der Waals surface area (Å²) in [4.78, 5) is 24.1. The number of urea groups is 1. The van der Waals surface area contributed by atoms with Crippen LogP contribution in [0.15, 0.2) is 0 Å². The van der Waals surface area contributed by atoms with Gasteiger partial charge in [-0.2, -0.15) is 0 Å². The smallest absolute Gasteiger partial charge is 0.317 e. The highest BCUT2D eigenvalue weighted by molar-refractivity contribution is 5.74. The Morgan fingerprint density at radius 3 is 2.17 bits per heavy atom. The van der Waals surface area contributed by atoms with E-state index in [2.05, 4.69) is 5.32 Å². The average Bonchev–Trinajstić information content (AvgIpc) is 2.30. The zero-order valence-electron chi connectivity index (χ0n) is 11.9. The highest BCUT2D eigenvalue weighted by Crippen LogP contribution is 2.09. The van der Waals surface area contributed by atoms with Crippen LogP contribution >= 0.6 is 0 Å². The fourth-order valence-electron chi connectivity index (χ4n) is 1.74. The second-order valence-electron chi connectivity index (χ2n) is 4.69. The first-order chi connectivity index (χ1) is 8.42. The van der Waals surface area contributed by atoms with Crippen LogP contribution in [0.2, 0.25) is 0 Å². The van der Waals surface area contributed by atoms with Crippen molar-refractivity contribution in [3.8, 4) is 0 Å². The van der Waals surface area contributed by atoms with Crippen molar-refractivity contribution < 1.29 is 14.7 Å². The fraction of sp³-hybridized carbons (Fsp3) is 0.846. The van der Waals surface area contributed by atoms with Crippen LogP contribution in [0.1, 0.15) is 47.0 Å². The number of nitrogens with one attached hydrogen (secondary N) is 1. The number of carbonyl (C=O) groups is 2. The molecular weight excluding hydrogens is 232 g/mol. The minimum atomic E-state index is -0.755. The minimum Gasteiger partial charge on any atom is -0.481 e. The molecule has 0 aromatic rings. The summed E-state index contributed by atoms with van der Waals surface area (Å²) in [5, 5.41) is 11.7. The predicted octanol–water partition coefficient (Wildman–Crippen LogP) is 2.32. The van der Waals surface area contributed by atoms with E-state index in [0.29, 0.717) is 19.5 Å². The average molecular weight is 258 g/mol. The highest BCUT2D eigenvalue weighted by Gasteiger charge is 2.14. The van der Waals surface area contributed by atoms with E-state index in [9.17, 15) is 9.59 Å². The Morgan fingerprint density at radius 2 is 1.72 bits per heavy atom. The maximum absolute atomic E-state index is 11.7. The Labute approximate surface area is 110 Å². The van der Waals surface area contributed by atoms with E-state index in [1.807, 2.05) is 20.8 Å². The van der Waals surface area contributed by atoms with Crippen LogP contribution in [-0.2, 0) is 4.79 Å². The van der Waals surface area contributed by atoms with E-state index in [0.717, 1.165) is 12.8 Å². The lowest BCUT2D eigenvalue weighted by Crippen LogP contribution is -2.43. The third kappa shape index (κ3) is 6.47. The molecule has 5 nitrogen and oxygen atoms in total. The van der Waals surface area contributed by atoms with Gasteiger partial charge < -0.3 is 15.3 Å². The standard InChI is InChI=1S/C13H26N2O3/c1-5-15(6-2)13(18)14-11(4)9-7-8-10(3)12(16)17/h10-11H,5-9H2,1-4H3,(H,14,18)(H,16,17). The van der Waals surface area contributed by atoms with Gasteiger partial charge >= 0.3 is 12.0 Å². The van der Waals surface area contributed by atoms with Gasteiger partial charge in [-0.15, -0.1) is 0 Å². The molecule has 0 saturated carbocycles. The quantitative estimate of drug-likeness (QED) is 0.702. The molecule has 0 radical (unpaired) electrons. The summed E-state index contributed by atoms with van der Waals surface area (Å²) >= 11 is 0. The Bertz CT molecular complexity index is 265. The molecule has 0 aromatic carbocycles. The first-order valence-corrected chi connectivity index (χ1v) is 6.70. The van der Waals surface area contributed by atoms with E-state index < -0.39 is 5.97 Å². The van der Waals surface area contributed by atoms with E-state index in [4.69, 9.17) is 5.11 Å². The van der Waals surface area contributed by atoms with Crippen molar-refractivity contribution >= 4 is 12.0 Å². The Hall–Kier alpha value is -1.26. The van der Waals surface area contributed by atoms with Crippen molar-refractivity contribution in [3.05, 3.63) is 0 Å². The second kappa shape index (κ2) is 8.78. The van der Waals surface area contributed by atoms with Crippen molar-refractivity contribution in [1.29, 1.82) is 0 Å². The Morgan fingerprint density at radius 1 is 1.17 bits per heavy atom. The second-order valence-corrected chi connectivity index (χ2v) is 4.69. The first kappa shape index (κ1) is 16.7. The van der Waals surface area contributed by atoms with Crippen molar-refractivity contribution in [2.75, 3.05) is 13.1 Å². The Balaban J connectivity index is 3.87. The number of hydrogen-bond donors (Lipinski definition) is 2. The normalized spacial score (nSPS) is 13.8. The summed E-state index contributed by atoms with van der Waals surface area (Å²) in [6, 6.07) is 0.0397. The molecule has 0 bridgehead atoms. The number of carbonyl (C=O) groups excluding carboxylic acids is 1. The summed E-state index contributed by atoms with van der Waals surface area (Å²) in [5.41, 5.74) is 0. The zero-order valence-corrected chi connectivity index (χ0v) is 11.9. The van der Waals surface area contributed by atoms with Gasteiger partial charge in [0.15, 0.2) is 0 Å². The van der Waals surface area contributed by atoms with Crippen molar-refractivity contribution in [1.82, 2.24) is 10.2 Å². The molecule has 0 saturated heterocycles. The van der Waals surface area contributed by atoms with Gasteiger partial charge in [0.25, 0.3) is 0 Å². The molecule has 18 heavy (non-hydrogen) atoms. The molecule has 0 aliphatic rings. The molecule has 2 unspecified atom stereocenters. The maximum atomic E-state index is 11.7. The summed E-state index contributed by atoms with van der Waals surface area (Å²) < 4.78 is 0. The molecule has 0 heterocycles. The summed E-state index contributed by atoms with van der Waals surface area (Å²) in [6.45, 7) is 8.95. The SMILES string of the molecule is CCN(CC)C(=O)NC(C)CCCC(C)C(=O)O. The molecule has 5 heteroatoms. The molecule has 2 amide bonds. The molecule has 0 spiro atoms. The van der Waals surface area contributed by atoms with Gasteiger partial charge in [-0.25, -0.2) is 4.79 Å². The van der Waals surface area contributed by atoms with Crippen molar-refractivity contribution in [3.63, 3.8) is 0 Å². The van der Waals surface area contributed by atoms with Gasteiger partial charge in [-0.3, -0.25) is 4.79 Å². The van der Waals surface area contributed by atoms with Crippen LogP contribution in [-0.4, -0.2) is 41.1 Å². The van der Waals surface area contributed by atoms with Crippen LogP contribution in [0.25, 0.3) is 0 Å². The van der Waals surface area contributed by atoms with Crippen LogP contribution in [0, 0.1) is 5.92 Å². The molecule has 0 aromatic heterocycles. The third-order valence-electron chi connectivity index (χ3n) is 3.12. The number of carboxylic acids is 1. The number of carboxylic acid groups (broad SMARTS) is 1. The van der Waals surface area contributed by atoms with E-state index >= 15 is 0 Å². The molecular formula is C13H26N2O3. The monoisotopic (exact) mass is 258 g/mol. The lowest BCUT2D eigenvalue weighted by Gasteiger charge is -2.22. The van der Waals surface area contributed by atoms with Gasteiger partial charge in [-0.1, -0.05) is 13.3 Å². The van der Waals surface area contributed by atoms with Gasteiger partial charge in [0.2, 0.25) is 0 Å². The van der Waals surface area contributed by atoms with Crippen molar-refractivity contribution in [2.24, 2.45) is 5.92 Å². The molecule has 0 aliphatic carbocycles. The fourth-order valence-corrected chi connectivity index (χ4v) is 1.74. The molecule has 0 aliphatic heterocycles. The van der Waals surface area contributed by atoms with Crippen LogP contribution in [0.3, 0.4) is 0 Å². The molecule has 2 atom stereocenters. The maximum Gasteiger partial charge on any atom is 0.317 e. The van der Waals surface area contributed by atoms with Gasteiger partial charge in [0, 0.05) is 19.1 Å². The molecule has 106 valence electrons. The number of nitrogens with zero attached hydrogens (tertiary/aromatic N) is 1. The van der Waals surface area contributed by atoms with Gasteiger partial charge in [0.1, 0.15) is 0 Å². The van der Waals surface area contributed by atoms with Gasteiger partial charge in [0.05, 0.1) is 5.92 Å². The topological polar surface area (TPSA) is 69.6 Å². The highest BCUT2D eigenvalue weighted by atomic mass is 16.4. The zero-order chi connectivity index (χ0) is 14.1. The predicted molar refractivity (Wildman–Crippen MR) is 71.6 cm³/mol. The molecule has 0 rings (SSSR count). The molecule has 0 fully saturated rings. The van der Waals surface area contributed by atoms with Crippen LogP contribution < -0.4 is 5.32 Å². The van der Waals surface area contributed by atoms with Crippen LogP contribution in [0.4, 0.5) is 4.79 Å². The summed E-state index contributed by atoms with van der Waals surface area (Å²) in [6.07, 6.45) is 2.28. The number of rotatable bonds is 8. The number of aliphatic carboxylic acids is 1.